The Bertz CT molecular complexity index is 221. The molecule has 1 aliphatic heterocycles. The van der Waals surface area contributed by atoms with Crippen molar-refractivity contribution in [3.05, 3.63) is 0 Å². The minimum Gasteiger partial charge on any atom is -0.337 e. The van der Waals surface area contributed by atoms with Gasteiger partial charge in [-0.15, -0.1) is 11.8 Å². The highest BCUT2D eigenvalue weighted by atomic mass is 16.2. The number of rotatable bonds is 2. The Labute approximate surface area is 79.5 Å². The molecule has 0 atom stereocenters. The van der Waals surface area contributed by atoms with E-state index in [1.165, 1.54) is 0 Å². The number of hydrogen-bond acceptors (Lipinski definition) is 1. The summed E-state index contributed by atoms with van der Waals surface area (Å²) in [7, 11) is 0. The summed E-state index contributed by atoms with van der Waals surface area (Å²) < 4.78 is 0. The molecular weight excluding hydrogens is 164 g/mol. The van der Waals surface area contributed by atoms with Crippen LogP contribution < -0.4 is 5.32 Å². The monoisotopic (exact) mass is 180 g/mol. The van der Waals surface area contributed by atoms with E-state index < -0.39 is 0 Å². The van der Waals surface area contributed by atoms with Gasteiger partial charge in [-0.25, -0.2) is 4.79 Å². The second kappa shape index (κ2) is 5.47. The number of nitrogens with zero attached hydrogens (tertiary/aromatic N) is 1. The normalized spacial score (nSPS) is 15.0. The third kappa shape index (κ3) is 3.37. The number of nitrogens with one attached hydrogen (secondary N) is 1. The quantitative estimate of drug-likeness (QED) is 0.502. The van der Waals surface area contributed by atoms with Crippen molar-refractivity contribution < 1.29 is 4.79 Å². The van der Waals surface area contributed by atoms with Crippen LogP contribution in [0.2, 0.25) is 0 Å². The first-order valence-electron chi connectivity index (χ1n) is 4.77. The van der Waals surface area contributed by atoms with E-state index in [2.05, 4.69) is 17.2 Å². The summed E-state index contributed by atoms with van der Waals surface area (Å²) >= 11 is 0. The van der Waals surface area contributed by atoms with Crippen molar-refractivity contribution in [2.45, 2.75) is 26.2 Å². The van der Waals surface area contributed by atoms with Crippen molar-refractivity contribution >= 4 is 6.03 Å². The first-order chi connectivity index (χ1) is 6.34. The molecule has 1 fully saturated rings. The highest BCUT2D eigenvalue weighted by molar-refractivity contribution is 5.74. The molecule has 1 rings (SSSR count). The molecule has 0 aromatic carbocycles. The van der Waals surface area contributed by atoms with Gasteiger partial charge in [0.25, 0.3) is 0 Å². The molecule has 0 saturated carbocycles. The van der Waals surface area contributed by atoms with E-state index in [0.717, 1.165) is 32.4 Å². The van der Waals surface area contributed by atoms with E-state index in [9.17, 15) is 4.79 Å². The fraction of sp³-hybridized carbons (Fsp3) is 0.700. The van der Waals surface area contributed by atoms with Gasteiger partial charge in [0.1, 0.15) is 0 Å². The Balaban J connectivity index is 2.12. The van der Waals surface area contributed by atoms with E-state index in [1.54, 1.807) is 0 Å². The summed E-state index contributed by atoms with van der Waals surface area (Å²) in [5.74, 6) is 5.71. The van der Waals surface area contributed by atoms with Gasteiger partial charge in [-0.3, -0.25) is 0 Å². The van der Waals surface area contributed by atoms with Crippen LogP contribution in [0.15, 0.2) is 0 Å². The van der Waals surface area contributed by atoms with Crippen molar-refractivity contribution in [1.82, 2.24) is 10.2 Å². The smallest absolute Gasteiger partial charge is 0.317 e. The summed E-state index contributed by atoms with van der Waals surface area (Å²) in [5, 5.41) is 2.84. The molecule has 2 amide bonds. The van der Waals surface area contributed by atoms with E-state index in [-0.39, 0.29) is 6.03 Å². The van der Waals surface area contributed by atoms with Crippen LogP contribution in [0.4, 0.5) is 4.79 Å². The minimum atomic E-state index is 0.0652. The summed E-state index contributed by atoms with van der Waals surface area (Å²) in [6, 6.07) is 0.0652. The molecule has 1 N–H and O–H groups in total. The van der Waals surface area contributed by atoms with Crippen LogP contribution >= 0.6 is 0 Å². The Morgan fingerprint density at radius 2 is 2.15 bits per heavy atom. The number of carbonyl (C=O) groups excluding carboxylic acids is 1. The van der Waals surface area contributed by atoms with Crippen molar-refractivity contribution in [3.8, 4) is 11.8 Å². The summed E-state index contributed by atoms with van der Waals surface area (Å²) in [5.41, 5.74) is 0. The molecule has 13 heavy (non-hydrogen) atoms. The lowest BCUT2D eigenvalue weighted by atomic mass is 10.4. The molecule has 3 nitrogen and oxygen atoms in total. The zero-order chi connectivity index (χ0) is 9.52. The van der Waals surface area contributed by atoms with Crippen molar-refractivity contribution in [2.24, 2.45) is 0 Å². The van der Waals surface area contributed by atoms with Gasteiger partial charge in [0.2, 0.25) is 0 Å². The first kappa shape index (κ1) is 9.91. The zero-order valence-electron chi connectivity index (χ0n) is 8.10. The zero-order valence-corrected chi connectivity index (χ0v) is 8.10. The second-order valence-electron chi connectivity index (χ2n) is 3.10. The standard InChI is InChI=1S/C10H16N2O/c1-2-3-4-7-11-10(13)12-8-5-6-9-12/h4-9H2,1H3,(H,11,13). The SMILES string of the molecule is CC#CCCNC(=O)N1CCCC1. The molecule has 0 radical (unpaired) electrons. The van der Waals surface area contributed by atoms with Crippen LogP contribution in [0.1, 0.15) is 26.2 Å². The van der Waals surface area contributed by atoms with Gasteiger partial charge in [-0.05, 0) is 19.8 Å². The van der Waals surface area contributed by atoms with E-state index in [4.69, 9.17) is 0 Å². The molecule has 1 saturated heterocycles. The second-order valence-corrected chi connectivity index (χ2v) is 3.10. The molecule has 0 unspecified atom stereocenters. The van der Waals surface area contributed by atoms with Gasteiger partial charge in [0.15, 0.2) is 0 Å². The predicted octanol–water partition coefficient (Wildman–Crippen LogP) is 1.21. The number of urea groups is 1. The van der Waals surface area contributed by atoms with Crippen LogP contribution in [0.25, 0.3) is 0 Å². The van der Waals surface area contributed by atoms with Gasteiger partial charge in [-0.2, -0.15) is 0 Å². The van der Waals surface area contributed by atoms with Crippen molar-refractivity contribution in [1.29, 1.82) is 0 Å². The fourth-order valence-corrected chi connectivity index (χ4v) is 1.39. The summed E-state index contributed by atoms with van der Waals surface area (Å²) in [6.45, 7) is 4.29. The third-order valence-corrected chi connectivity index (χ3v) is 2.10. The Kier molecular flexibility index (Phi) is 4.17. The summed E-state index contributed by atoms with van der Waals surface area (Å²) in [4.78, 5) is 13.2. The Morgan fingerprint density at radius 3 is 2.77 bits per heavy atom. The van der Waals surface area contributed by atoms with Crippen LogP contribution in [0, 0.1) is 11.8 Å². The topological polar surface area (TPSA) is 32.3 Å². The molecule has 3 heteroatoms. The Morgan fingerprint density at radius 1 is 1.46 bits per heavy atom. The molecule has 72 valence electrons. The third-order valence-electron chi connectivity index (χ3n) is 2.10. The first-order valence-corrected chi connectivity index (χ1v) is 4.77. The van der Waals surface area contributed by atoms with E-state index in [1.807, 2.05) is 11.8 Å². The highest BCUT2D eigenvalue weighted by Gasteiger charge is 2.16. The van der Waals surface area contributed by atoms with Crippen molar-refractivity contribution in [3.63, 3.8) is 0 Å². The van der Waals surface area contributed by atoms with Gasteiger partial charge in [0.05, 0.1) is 0 Å². The summed E-state index contributed by atoms with van der Waals surface area (Å²) in [6.07, 6.45) is 3.03. The molecule has 1 aliphatic rings. The average Bonchev–Trinajstić information content (AvgIpc) is 2.65. The van der Waals surface area contributed by atoms with Gasteiger partial charge < -0.3 is 10.2 Å². The maximum atomic E-state index is 11.4. The molecular formula is C10H16N2O. The molecule has 0 spiro atoms. The maximum Gasteiger partial charge on any atom is 0.317 e. The van der Waals surface area contributed by atoms with E-state index >= 15 is 0 Å². The minimum absolute atomic E-state index is 0.0652. The molecule has 0 bridgehead atoms. The molecule has 0 aromatic rings. The Hall–Kier alpha value is -1.17. The molecule has 0 aromatic heterocycles. The van der Waals surface area contributed by atoms with Crippen LogP contribution in [0.3, 0.4) is 0 Å². The number of hydrogen-bond donors (Lipinski definition) is 1. The van der Waals surface area contributed by atoms with Crippen LogP contribution in [-0.2, 0) is 0 Å². The fourth-order valence-electron chi connectivity index (χ4n) is 1.39. The largest absolute Gasteiger partial charge is 0.337 e. The lowest BCUT2D eigenvalue weighted by Crippen LogP contribution is -2.38. The van der Waals surface area contributed by atoms with Crippen LogP contribution in [0.5, 0.6) is 0 Å². The molecule has 1 heterocycles. The lowest BCUT2D eigenvalue weighted by Gasteiger charge is -2.15. The van der Waals surface area contributed by atoms with E-state index in [0.29, 0.717) is 6.54 Å². The lowest BCUT2D eigenvalue weighted by molar-refractivity contribution is 0.209. The van der Waals surface area contributed by atoms with Gasteiger partial charge >= 0.3 is 6.03 Å². The number of amides is 2. The number of carbonyl (C=O) groups is 1. The average molecular weight is 180 g/mol. The van der Waals surface area contributed by atoms with Crippen LogP contribution in [-0.4, -0.2) is 30.6 Å². The predicted molar refractivity (Wildman–Crippen MR) is 52.3 cm³/mol. The van der Waals surface area contributed by atoms with Gasteiger partial charge in [0, 0.05) is 26.1 Å². The maximum absolute atomic E-state index is 11.4. The highest BCUT2D eigenvalue weighted by Crippen LogP contribution is 2.06. The molecule has 0 aliphatic carbocycles. The van der Waals surface area contributed by atoms with Gasteiger partial charge in [-0.1, -0.05) is 0 Å². The number of likely N-dealkylation sites (tertiary alicyclic amines) is 1. The van der Waals surface area contributed by atoms with Crippen molar-refractivity contribution in [2.75, 3.05) is 19.6 Å².